The molecule has 2 rings (SSSR count). The minimum atomic E-state index is -1.44. The van der Waals surface area contributed by atoms with Gasteiger partial charge in [-0.25, -0.2) is 9.59 Å². The molecule has 0 aromatic rings. The molecule has 0 amide bonds. The second kappa shape index (κ2) is 7.65. The molecule has 0 radical (unpaired) electrons. The minimum Gasteiger partial charge on any atom is -0.463 e. The standard InChI is InChI=1S/C17H24O8/c1-11-7-6-9-22-14(18)12-13(15(19)23-10-8-11)25-17(3,21-5)16(2,20-4)24-12/h6-7,12-13H,1,8-10H2,2-5H3/b7-6+/t12-,13-,16-,17-/m1/s1. The van der Waals surface area contributed by atoms with E-state index in [1.165, 1.54) is 14.2 Å². The number of methoxy groups -OCH3 is 2. The van der Waals surface area contributed by atoms with Gasteiger partial charge in [0.25, 0.3) is 0 Å². The Kier molecular flexibility index (Phi) is 5.99. The Morgan fingerprint density at radius 1 is 1.04 bits per heavy atom. The van der Waals surface area contributed by atoms with Crippen LogP contribution in [0.25, 0.3) is 0 Å². The highest BCUT2D eigenvalue weighted by atomic mass is 16.8. The van der Waals surface area contributed by atoms with Crippen molar-refractivity contribution in [3.8, 4) is 0 Å². The van der Waals surface area contributed by atoms with Crippen LogP contribution in [0, 0.1) is 0 Å². The molecule has 4 atom stereocenters. The lowest BCUT2D eigenvalue weighted by molar-refractivity contribution is -0.439. The summed E-state index contributed by atoms with van der Waals surface area (Å²) in [5.41, 5.74) is 0.746. The zero-order chi connectivity index (χ0) is 18.7. The Balaban J connectivity index is 2.33. The van der Waals surface area contributed by atoms with Gasteiger partial charge in [-0.05, 0) is 19.9 Å². The van der Waals surface area contributed by atoms with E-state index < -0.39 is 35.7 Å². The third-order valence-electron chi connectivity index (χ3n) is 4.39. The second-order valence-corrected chi connectivity index (χ2v) is 5.98. The third kappa shape index (κ3) is 3.92. The van der Waals surface area contributed by atoms with Crippen molar-refractivity contribution in [1.29, 1.82) is 0 Å². The normalized spacial score (nSPS) is 38.6. The molecule has 1 fully saturated rings. The number of fused-ring (bicyclic) bond motifs is 1. The number of esters is 2. The molecule has 0 spiro atoms. The first kappa shape index (κ1) is 19.6. The van der Waals surface area contributed by atoms with E-state index in [2.05, 4.69) is 6.58 Å². The van der Waals surface area contributed by atoms with Crippen molar-refractivity contribution in [2.75, 3.05) is 27.4 Å². The number of carbonyl (C=O) groups is 2. The fourth-order valence-electron chi connectivity index (χ4n) is 2.51. The molecule has 0 aliphatic carbocycles. The first-order valence-corrected chi connectivity index (χ1v) is 7.90. The first-order valence-electron chi connectivity index (χ1n) is 7.90. The summed E-state index contributed by atoms with van der Waals surface area (Å²) < 4.78 is 32.6. The van der Waals surface area contributed by atoms with Gasteiger partial charge in [-0.1, -0.05) is 18.2 Å². The third-order valence-corrected chi connectivity index (χ3v) is 4.39. The Hall–Kier alpha value is -1.74. The van der Waals surface area contributed by atoms with Crippen LogP contribution >= 0.6 is 0 Å². The van der Waals surface area contributed by atoms with Gasteiger partial charge in [-0.3, -0.25) is 0 Å². The number of hydrogen-bond acceptors (Lipinski definition) is 8. The lowest BCUT2D eigenvalue weighted by atomic mass is 10.0. The van der Waals surface area contributed by atoms with Gasteiger partial charge in [-0.15, -0.1) is 0 Å². The fraction of sp³-hybridized carbons (Fsp3) is 0.647. The van der Waals surface area contributed by atoms with Gasteiger partial charge in [0.2, 0.25) is 11.6 Å². The van der Waals surface area contributed by atoms with Gasteiger partial charge < -0.3 is 28.4 Å². The predicted molar refractivity (Wildman–Crippen MR) is 85.4 cm³/mol. The number of carbonyl (C=O) groups excluding carboxylic acids is 2. The molecule has 0 aromatic carbocycles. The van der Waals surface area contributed by atoms with E-state index in [0.717, 1.165) is 5.57 Å². The summed E-state index contributed by atoms with van der Waals surface area (Å²) in [6.07, 6.45) is 1.11. The SMILES string of the molecule is C=C1/C=C/COC(=O)[C@@H]2O[C@@](C)(OC)[C@](C)(OC)O[C@H]2C(=O)OCC1. The lowest BCUT2D eigenvalue weighted by Crippen LogP contribution is -2.68. The molecule has 140 valence electrons. The van der Waals surface area contributed by atoms with Crippen molar-refractivity contribution in [1.82, 2.24) is 0 Å². The maximum absolute atomic E-state index is 12.4. The number of ether oxygens (including phenoxy) is 6. The van der Waals surface area contributed by atoms with Gasteiger partial charge in [0.1, 0.15) is 6.61 Å². The number of allylic oxidation sites excluding steroid dienone is 1. The predicted octanol–water partition coefficient (Wildman–Crippen LogP) is 1.10. The summed E-state index contributed by atoms with van der Waals surface area (Å²) in [7, 11) is 2.77. The smallest absolute Gasteiger partial charge is 0.339 e. The lowest BCUT2D eigenvalue weighted by Gasteiger charge is -2.50. The molecule has 0 aromatic heterocycles. The maximum Gasteiger partial charge on any atom is 0.339 e. The summed E-state index contributed by atoms with van der Waals surface area (Å²) in [4.78, 5) is 24.8. The Bertz CT molecular complexity index is 571. The van der Waals surface area contributed by atoms with E-state index in [4.69, 9.17) is 28.4 Å². The van der Waals surface area contributed by atoms with Crippen molar-refractivity contribution < 1.29 is 38.0 Å². The van der Waals surface area contributed by atoms with E-state index in [-0.39, 0.29) is 13.2 Å². The first-order chi connectivity index (χ1) is 11.8. The van der Waals surface area contributed by atoms with Gasteiger partial charge in [0.05, 0.1) is 6.61 Å². The molecule has 8 nitrogen and oxygen atoms in total. The second-order valence-electron chi connectivity index (χ2n) is 5.98. The molecule has 2 aliphatic rings. The minimum absolute atomic E-state index is 0.0186. The molecular weight excluding hydrogens is 332 g/mol. The van der Waals surface area contributed by atoms with Crippen LogP contribution in [0.1, 0.15) is 20.3 Å². The van der Waals surface area contributed by atoms with Crippen LogP contribution in [0.5, 0.6) is 0 Å². The Morgan fingerprint density at radius 3 is 2.08 bits per heavy atom. The molecule has 2 aliphatic heterocycles. The summed E-state index contributed by atoms with van der Waals surface area (Å²) in [5, 5.41) is 0. The van der Waals surface area contributed by atoms with Crippen molar-refractivity contribution in [2.24, 2.45) is 0 Å². The van der Waals surface area contributed by atoms with Crippen LogP contribution in [0.2, 0.25) is 0 Å². The zero-order valence-electron chi connectivity index (χ0n) is 14.9. The molecule has 0 unspecified atom stereocenters. The van der Waals surface area contributed by atoms with Crippen molar-refractivity contribution in [3.63, 3.8) is 0 Å². The molecule has 25 heavy (non-hydrogen) atoms. The summed E-state index contributed by atoms with van der Waals surface area (Å²) >= 11 is 0. The molecular formula is C17H24O8. The number of cyclic esters (lactones) is 2. The molecule has 2 heterocycles. The highest BCUT2D eigenvalue weighted by molar-refractivity contribution is 5.86. The molecule has 0 N–H and O–H groups in total. The van der Waals surface area contributed by atoms with E-state index in [0.29, 0.717) is 6.42 Å². The van der Waals surface area contributed by atoms with Gasteiger partial charge in [-0.2, -0.15) is 0 Å². The number of hydrogen-bond donors (Lipinski definition) is 0. The van der Waals surface area contributed by atoms with Crippen LogP contribution in [-0.4, -0.2) is 63.2 Å². The Labute approximate surface area is 146 Å². The molecule has 0 bridgehead atoms. The highest BCUT2D eigenvalue weighted by Crippen LogP contribution is 2.39. The van der Waals surface area contributed by atoms with Gasteiger partial charge in [0.15, 0.2) is 12.2 Å². The molecule has 0 saturated carbocycles. The van der Waals surface area contributed by atoms with Gasteiger partial charge in [0, 0.05) is 20.6 Å². The van der Waals surface area contributed by atoms with Crippen LogP contribution < -0.4 is 0 Å². The summed E-state index contributed by atoms with van der Waals surface area (Å²) in [6.45, 7) is 7.04. The topological polar surface area (TPSA) is 89.5 Å². The van der Waals surface area contributed by atoms with E-state index in [1.54, 1.807) is 26.0 Å². The van der Waals surface area contributed by atoms with Crippen molar-refractivity contribution in [3.05, 3.63) is 24.3 Å². The van der Waals surface area contributed by atoms with Crippen LogP contribution in [0.4, 0.5) is 0 Å². The van der Waals surface area contributed by atoms with Crippen LogP contribution in [-0.2, 0) is 38.0 Å². The zero-order valence-corrected chi connectivity index (χ0v) is 14.9. The van der Waals surface area contributed by atoms with Crippen molar-refractivity contribution in [2.45, 2.75) is 44.1 Å². The average molecular weight is 356 g/mol. The summed E-state index contributed by atoms with van der Waals surface area (Å²) in [6, 6.07) is 0. The largest absolute Gasteiger partial charge is 0.463 e. The average Bonchev–Trinajstić information content (AvgIpc) is 2.59. The highest BCUT2D eigenvalue weighted by Gasteiger charge is 2.60. The van der Waals surface area contributed by atoms with Crippen molar-refractivity contribution >= 4 is 11.9 Å². The van der Waals surface area contributed by atoms with E-state index in [9.17, 15) is 9.59 Å². The molecule has 1 saturated heterocycles. The van der Waals surface area contributed by atoms with Gasteiger partial charge >= 0.3 is 11.9 Å². The van der Waals surface area contributed by atoms with Crippen LogP contribution in [0.15, 0.2) is 24.3 Å². The summed E-state index contributed by atoms with van der Waals surface area (Å²) in [5.74, 6) is -4.40. The molecule has 8 heteroatoms. The maximum atomic E-state index is 12.4. The van der Waals surface area contributed by atoms with Crippen LogP contribution in [0.3, 0.4) is 0 Å². The van der Waals surface area contributed by atoms with E-state index >= 15 is 0 Å². The Morgan fingerprint density at radius 2 is 1.56 bits per heavy atom. The fourth-order valence-corrected chi connectivity index (χ4v) is 2.51. The monoisotopic (exact) mass is 356 g/mol. The van der Waals surface area contributed by atoms with E-state index in [1.807, 2.05) is 0 Å². The number of rotatable bonds is 2. The quantitative estimate of drug-likeness (QED) is 0.680.